The first-order valence-corrected chi connectivity index (χ1v) is 8.63. The average molecular weight is 314 g/mol. The smallest absolute Gasteiger partial charge is 0.240 e. The SMILES string of the molecule is NCCCOc1ccc(S(=O)(=O)NC2CCCOC2)cc1. The Morgan fingerprint density at radius 3 is 2.71 bits per heavy atom. The standard InChI is InChI=1S/C14H22N2O4S/c15-8-2-10-20-13-4-6-14(7-5-13)21(17,18)16-12-3-1-9-19-11-12/h4-7,12,16H,1-3,8-11,15H2. The molecule has 0 saturated carbocycles. The van der Waals surface area contributed by atoms with Crippen molar-refractivity contribution in [2.75, 3.05) is 26.4 Å². The van der Waals surface area contributed by atoms with Crippen molar-refractivity contribution >= 4 is 10.0 Å². The van der Waals surface area contributed by atoms with E-state index >= 15 is 0 Å². The third kappa shape index (κ3) is 4.96. The molecule has 1 unspecified atom stereocenters. The van der Waals surface area contributed by atoms with Crippen LogP contribution in [0, 0.1) is 0 Å². The van der Waals surface area contributed by atoms with Gasteiger partial charge in [-0.3, -0.25) is 0 Å². The second-order valence-electron chi connectivity index (χ2n) is 5.00. The third-order valence-electron chi connectivity index (χ3n) is 3.23. The van der Waals surface area contributed by atoms with Gasteiger partial charge in [0.2, 0.25) is 10.0 Å². The zero-order valence-corrected chi connectivity index (χ0v) is 12.8. The molecule has 0 spiro atoms. The molecule has 1 aliphatic heterocycles. The van der Waals surface area contributed by atoms with E-state index in [1.165, 1.54) is 0 Å². The van der Waals surface area contributed by atoms with Gasteiger partial charge in [-0.25, -0.2) is 13.1 Å². The molecule has 0 bridgehead atoms. The molecule has 1 aliphatic rings. The number of hydrogen-bond donors (Lipinski definition) is 2. The van der Waals surface area contributed by atoms with E-state index in [0.29, 0.717) is 32.1 Å². The molecular weight excluding hydrogens is 292 g/mol. The van der Waals surface area contributed by atoms with Gasteiger partial charge in [0.1, 0.15) is 5.75 Å². The highest BCUT2D eigenvalue weighted by atomic mass is 32.2. The van der Waals surface area contributed by atoms with Gasteiger partial charge in [-0.05, 0) is 50.1 Å². The Morgan fingerprint density at radius 2 is 2.10 bits per heavy atom. The van der Waals surface area contributed by atoms with Crippen molar-refractivity contribution in [1.29, 1.82) is 0 Å². The Balaban J connectivity index is 1.95. The highest BCUT2D eigenvalue weighted by molar-refractivity contribution is 7.89. The third-order valence-corrected chi connectivity index (χ3v) is 4.77. The quantitative estimate of drug-likeness (QED) is 0.729. The molecule has 1 saturated heterocycles. The van der Waals surface area contributed by atoms with E-state index in [4.69, 9.17) is 15.2 Å². The molecule has 21 heavy (non-hydrogen) atoms. The van der Waals surface area contributed by atoms with Gasteiger partial charge in [-0.2, -0.15) is 0 Å². The molecule has 1 aromatic rings. The van der Waals surface area contributed by atoms with Crippen molar-refractivity contribution in [1.82, 2.24) is 4.72 Å². The van der Waals surface area contributed by atoms with Crippen LogP contribution in [0.15, 0.2) is 29.2 Å². The summed E-state index contributed by atoms with van der Waals surface area (Å²) < 4.78 is 37.9. The summed E-state index contributed by atoms with van der Waals surface area (Å²) in [7, 11) is -3.51. The summed E-state index contributed by atoms with van der Waals surface area (Å²) in [5.74, 6) is 0.642. The molecule has 0 aliphatic carbocycles. The van der Waals surface area contributed by atoms with E-state index in [9.17, 15) is 8.42 Å². The summed E-state index contributed by atoms with van der Waals surface area (Å²) in [4.78, 5) is 0.235. The molecule has 1 heterocycles. The molecule has 0 radical (unpaired) electrons. The van der Waals surface area contributed by atoms with Gasteiger partial charge in [0.05, 0.1) is 18.1 Å². The van der Waals surface area contributed by atoms with Crippen molar-refractivity contribution in [3.8, 4) is 5.75 Å². The van der Waals surface area contributed by atoms with E-state index in [-0.39, 0.29) is 10.9 Å². The molecule has 6 nitrogen and oxygen atoms in total. The van der Waals surface area contributed by atoms with Crippen LogP contribution in [0.4, 0.5) is 0 Å². The zero-order valence-electron chi connectivity index (χ0n) is 12.0. The lowest BCUT2D eigenvalue weighted by Gasteiger charge is -2.23. The Hall–Kier alpha value is -1.15. The van der Waals surface area contributed by atoms with Gasteiger partial charge < -0.3 is 15.2 Å². The average Bonchev–Trinajstić information content (AvgIpc) is 2.49. The van der Waals surface area contributed by atoms with Gasteiger partial charge in [0.15, 0.2) is 0 Å². The van der Waals surface area contributed by atoms with Crippen LogP contribution in [-0.2, 0) is 14.8 Å². The minimum absolute atomic E-state index is 0.149. The molecule has 2 rings (SSSR count). The number of benzene rings is 1. The molecule has 1 aromatic carbocycles. The zero-order chi connectivity index (χ0) is 15.1. The summed E-state index contributed by atoms with van der Waals surface area (Å²) in [6, 6.07) is 6.25. The maximum atomic E-state index is 12.2. The first-order valence-electron chi connectivity index (χ1n) is 7.15. The summed E-state index contributed by atoms with van der Waals surface area (Å²) in [6.07, 6.45) is 2.45. The predicted molar refractivity (Wildman–Crippen MR) is 79.8 cm³/mol. The highest BCUT2D eigenvalue weighted by Crippen LogP contribution is 2.17. The maximum absolute atomic E-state index is 12.2. The lowest BCUT2D eigenvalue weighted by molar-refractivity contribution is 0.0774. The Kier molecular flexibility index (Phi) is 5.98. The van der Waals surface area contributed by atoms with E-state index in [1.54, 1.807) is 24.3 Å². The fourth-order valence-corrected chi connectivity index (χ4v) is 3.36. The van der Waals surface area contributed by atoms with Crippen molar-refractivity contribution in [2.24, 2.45) is 5.73 Å². The van der Waals surface area contributed by atoms with Crippen LogP contribution in [0.1, 0.15) is 19.3 Å². The van der Waals surface area contributed by atoms with Crippen LogP contribution in [0.5, 0.6) is 5.75 Å². The molecule has 3 N–H and O–H groups in total. The van der Waals surface area contributed by atoms with Crippen molar-refractivity contribution in [3.05, 3.63) is 24.3 Å². The topological polar surface area (TPSA) is 90.7 Å². The van der Waals surface area contributed by atoms with Gasteiger partial charge in [0.25, 0.3) is 0 Å². The van der Waals surface area contributed by atoms with Crippen LogP contribution in [0.2, 0.25) is 0 Å². The number of nitrogens with one attached hydrogen (secondary N) is 1. The van der Waals surface area contributed by atoms with Crippen LogP contribution in [0.25, 0.3) is 0 Å². The molecule has 1 fully saturated rings. The lowest BCUT2D eigenvalue weighted by Crippen LogP contribution is -2.40. The molecule has 7 heteroatoms. The molecule has 0 aromatic heterocycles. The van der Waals surface area contributed by atoms with Crippen LogP contribution in [0.3, 0.4) is 0 Å². The number of ether oxygens (including phenoxy) is 2. The largest absolute Gasteiger partial charge is 0.494 e. The Morgan fingerprint density at radius 1 is 1.33 bits per heavy atom. The van der Waals surface area contributed by atoms with E-state index in [0.717, 1.165) is 19.3 Å². The van der Waals surface area contributed by atoms with E-state index in [1.807, 2.05) is 0 Å². The van der Waals surface area contributed by atoms with E-state index in [2.05, 4.69) is 4.72 Å². The fraction of sp³-hybridized carbons (Fsp3) is 0.571. The molecule has 0 amide bonds. The summed E-state index contributed by atoms with van der Waals surface area (Å²) in [6.45, 7) is 2.23. The summed E-state index contributed by atoms with van der Waals surface area (Å²) in [5, 5.41) is 0. The minimum atomic E-state index is -3.51. The fourth-order valence-electron chi connectivity index (χ4n) is 2.11. The van der Waals surface area contributed by atoms with Gasteiger partial charge >= 0.3 is 0 Å². The lowest BCUT2D eigenvalue weighted by atomic mass is 10.1. The number of hydrogen-bond acceptors (Lipinski definition) is 5. The molecular formula is C14H22N2O4S. The predicted octanol–water partition coefficient (Wildman–Crippen LogP) is 0.872. The second-order valence-corrected chi connectivity index (χ2v) is 6.71. The minimum Gasteiger partial charge on any atom is -0.494 e. The van der Waals surface area contributed by atoms with E-state index < -0.39 is 10.0 Å². The number of nitrogens with two attached hydrogens (primary N) is 1. The van der Waals surface area contributed by atoms with Crippen molar-refractivity contribution < 1.29 is 17.9 Å². The number of sulfonamides is 1. The summed E-state index contributed by atoms with van der Waals surface area (Å²) in [5.41, 5.74) is 5.38. The Bertz CT molecular complexity index is 524. The molecule has 1 atom stereocenters. The monoisotopic (exact) mass is 314 g/mol. The Labute approximate surface area is 125 Å². The first-order chi connectivity index (χ1) is 10.1. The van der Waals surface area contributed by atoms with Gasteiger partial charge in [-0.15, -0.1) is 0 Å². The van der Waals surface area contributed by atoms with Gasteiger partial charge in [0, 0.05) is 12.6 Å². The summed E-state index contributed by atoms with van der Waals surface area (Å²) >= 11 is 0. The second kappa shape index (κ2) is 7.74. The van der Waals surface area contributed by atoms with Crippen LogP contribution >= 0.6 is 0 Å². The number of rotatable bonds is 7. The normalized spacial score (nSPS) is 19.4. The van der Waals surface area contributed by atoms with Gasteiger partial charge in [-0.1, -0.05) is 0 Å². The van der Waals surface area contributed by atoms with Crippen LogP contribution < -0.4 is 15.2 Å². The first kappa shape index (κ1) is 16.2. The highest BCUT2D eigenvalue weighted by Gasteiger charge is 2.22. The van der Waals surface area contributed by atoms with Crippen molar-refractivity contribution in [3.63, 3.8) is 0 Å². The van der Waals surface area contributed by atoms with Crippen molar-refractivity contribution in [2.45, 2.75) is 30.2 Å². The maximum Gasteiger partial charge on any atom is 0.240 e. The molecule has 118 valence electrons. The van der Waals surface area contributed by atoms with Crippen LogP contribution in [-0.4, -0.2) is 40.8 Å².